The molecule has 0 bridgehead atoms. The number of aromatic nitrogens is 1. The van der Waals surface area contributed by atoms with Crippen molar-refractivity contribution < 1.29 is 9.53 Å². The predicted octanol–water partition coefficient (Wildman–Crippen LogP) is 3.41. The van der Waals surface area contributed by atoms with E-state index in [1.807, 2.05) is 49.2 Å². The monoisotopic (exact) mass is 407 g/mol. The molecule has 2 aromatic carbocycles. The van der Waals surface area contributed by atoms with Crippen LogP contribution < -0.4 is 26.9 Å². The molecule has 0 aliphatic heterocycles. The summed E-state index contributed by atoms with van der Waals surface area (Å²) in [5, 5.41) is 3.23. The molecule has 7 nitrogen and oxygen atoms in total. The zero-order chi connectivity index (χ0) is 21.9. The van der Waals surface area contributed by atoms with Crippen LogP contribution in [0.4, 0.5) is 5.69 Å². The summed E-state index contributed by atoms with van der Waals surface area (Å²) < 4.78 is 6.05. The molecule has 7 heteroatoms. The molecule has 0 aliphatic carbocycles. The van der Waals surface area contributed by atoms with Crippen molar-refractivity contribution in [3.63, 3.8) is 0 Å². The highest BCUT2D eigenvalue weighted by Gasteiger charge is 2.08. The molecule has 1 aromatic heterocycles. The highest BCUT2D eigenvalue weighted by molar-refractivity contribution is 5.64. The molecule has 158 valence electrons. The standard InChI is InChI=1S/C22H24N2O.CH5N3O/c1-15-7-5-9-21(23-4)20(15)14-25-18-11-12-19(16(2)13-18)22-10-6-8-17(3)24-22;2-4-3-1-5/h5-13,23H,14H2,1-4H3;1,4H,2H2,(H,3,5). The van der Waals surface area contributed by atoms with Gasteiger partial charge < -0.3 is 10.1 Å². The van der Waals surface area contributed by atoms with Gasteiger partial charge in [0.05, 0.1) is 5.69 Å². The van der Waals surface area contributed by atoms with Crippen LogP contribution in [-0.2, 0) is 11.4 Å². The van der Waals surface area contributed by atoms with Crippen molar-refractivity contribution in [3.05, 3.63) is 77.0 Å². The van der Waals surface area contributed by atoms with E-state index >= 15 is 0 Å². The molecule has 3 aromatic rings. The zero-order valence-electron chi connectivity index (χ0n) is 17.8. The molecule has 3 rings (SSSR count). The fourth-order valence-corrected chi connectivity index (χ4v) is 3.02. The fourth-order valence-electron chi connectivity index (χ4n) is 3.02. The molecule has 0 fully saturated rings. The minimum absolute atomic E-state index is 0.444. The third-order valence-corrected chi connectivity index (χ3v) is 4.57. The van der Waals surface area contributed by atoms with Crippen LogP contribution in [0.25, 0.3) is 11.3 Å². The number of anilines is 1. The number of rotatable bonds is 7. The van der Waals surface area contributed by atoms with Crippen molar-refractivity contribution in [1.29, 1.82) is 0 Å². The number of benzene rings is 2. The second kappa shape index (κ2) is 11.5. The van der Waals surface area contributed by atoms with Crippen LogP contribution in [0, 0.1) is 20.8 Å². The molecular weight excluding hydrogens is 378 g/mol. The summed E-state index contributed by atoms with van der Waals surface area (Å²) in [4.78, 5) is 13.8. The Morgan fingerprint density at radius 2 is 1.80 bits per heavy atom. The van der Waals surface area contributed by atoms with E-state index in [9.17, 15) is 0 Å². The first-order chi connectivity index (χ1) is 14.5. The van der Waals surface area contributed by atoms with E-state index in [2.05, 4.69) is 60.3 Å². The van der Waals surface area contributed by atoms with Gasteiger partial charge in [-0.25, -0.2) is 0 Å². The number of carbonyl (C=O) groups excluding carboxylic acids is 1. The molecule has 30 heavy (non-hydrogen) atoms. The van der Waals surface area contributed by atoms with Gasteiger partial charge in [0.2, 0.25) is 6.41 Å². The van der Waals surface area contributed by atoms with Crippen molar-refractivity contribution in [2.24, 2.45) is 5.84 Å². The van der Waals surface area contributed by atoms with Crippen molar-refractivity contribution in [1.82, 2.24) is 15.9 Å². The Hall–Kier alpha value is -3.42. The van der Waals surface area contributed by atoms with Gasteiger partial charge in [0.25, 0.3) is 0 Å². The van der Waals surface area contributed by atoms with E-state index < -0.39 is 0 Å². The van der Waals surface area contributed by atoms with Gasteiger partial charge in [0, 0.05) is 29.6 Å². The third-order valence-electron chi connectivity index (χ3n) is 4.57. The Bertz CT molecular complexity index is 976. The lowest BCUT2D eigenvalue weighted by Gasteiger charge is -2.14. The van der Waals surface area contributed by atoms with Crippen LogP contribution in [0.3, 0.4) is 0 Å². The average Bonchev–Trinajstić information content (AvgIpc) is 2.74. The molecule has 0 spiro atoms. The van der Waals surface area contributed by atoms with Crippen LogP contribution in [0.1, 0.15) is 22.4 Å². The van der Waals surface area contributed by atoms with Gasteiger partial charge in [-0.05, 0) is 68.3 Å². The number of pyridine rings is 1. The van der Waals surface area contributed by atoms with Crippen LogP contribution in [-0.4, -0.2) is 18.4 Å². The summed E-state index contributed by atoms with van der Waals surface area (Å²) in [7, 11) is 1.94. The third kappa shape index (κ3) is 6.30. The van der Waals surface area contributed by atoms with Gasteiger partial charge in [-0.1, -0.05) is 18.2 Å². The Morgan fingerprint density at radius 1 is 1.03 bits per heavy atom. The molecule has 1 heterocycles. The van der Waals surface area contributed by atoms with Crippen LogP contribution in [0.2, 0.25) is 0 Å². The smallest absolute Gasteiger partial charge is 0.222 e. The zero-order valence-corrected chi connectivity index (χ0v) is 17.8. The second-order valence-electron chi connectivity index (χ2n) is 6.69. The first-order valence-corrected chi connectivity index (χ1v) is 9.58. The predicted molar refractivity (Wildman–Crippen MR) is 121 cm³/mol. The molecule has 0 saturated carbocycles. The number of aryl methyl sites for hydroxylation is 3. The van der Waals surface area contributed by atoms with Gasteiger partial charge in [-0.2, -0.15) is 5.53 Å². The Labute approximate surface area is 177 Å². The maximum atomic E-state index is 9.15. The van der Waals surface area contributed by atoms with Gasteiger partial charge in [0.1, 0.15) is 12.4 Å². The van der Waals surface area contributed by atoms with E-state index in [1.54, 1.807) is 0 Å². The maximum absolute atomic E-state index is 9.15. The molecule has 0 unspecified atom stereocenters. The summed E-state index contributed by atoms with van der Waals surface area (Å²) in [6.07, 6.45) is 0.444. The molecule has 1 amide bonds. The summed E-state index contributed by atoms with van der Waals surface area (Å²) in [5.41, 5.74) is 11.7. The van der Waals surface area contributed by atoms with E-state index in [0.717, 1.165) is 34.0 Å². The molecule has 5 N–H and O–H groups in total. The summed E-state index contributed by atoms with van der Waals surface area (Å²) in [6, 6.07) is 18.5. The SMILES string of the molecule is CNc1cccc(C)c1COc1ccc(-c2cccc(C)n2)c(C)c1.NNNC=O. The number of ether oxygens (including phenoxy) is 1. The van der Waals surface area contributed by atoms with Gasteiger partial charge in [0.15, 0.2) is 0 Å². The van der Waals surface area contributed by atoms with E-state index in [0.29, 0.717) is 13.0 Å². The van der Waals surface area contributed by atoms with Gasteiger partial charge in [-0.3, -0.25) is 21.0 Å². The summed E-state index contributed by atoms with van der Waals surface area (Å²) in [6.45, 7) is 6.76. The first kappa shape index (κ1) is 22.9. The highest BCUT2D eigenvalue weighted by Crippen LogP contribution is 2.27. The lowest BCUT2D eigenvalue weighted by atomic mass is 10.0. The van der Waals surface area contributed by atoms with E-state index in [1.165, 1.54) is 11.1 Å². The second-order valence-corrected chi connectivity index (χ2v) is 6.69. The van der Waals surface area contributed by atoms with Crippen LogP contribution in [0.5, 0.6) is 5.75 Å². The van der Waals surface area contributed by atoms with Gasteiger partial charge >= 0.3 is 0 Å². The van der Waals surface area contributed by atoms with Crippen LogP contribution >= 0.6 is 0 Å². The quantitative estimate of drug-likeness (QED) is 0.272. The van der Waals surface area contributed by atoms with Crippen molar-refractivity contribution in [3.8, 4) is 17.0 Å². The minimum Gasteiger partial charge on any atom is -0.489 e. The Kier molecular flexibility index (Phi) is 8.80. The number of hydrazine groups is 2. The van der Waals surface area contributed by atoms with Gasteiger partial charge in [-0.15, -0.1) is 0 Å². The Balaban J connectivity index is 0.000000575. The van der Waals surface area contributed by atoms with Crippen LogP contribution in [0.15, 0.2) is 54.6 Å². The number of amides is 1. The summed E-state index contributed by atoms with van der Waals surface area (Å²) in [5.74, 6) is 5.42. The summed E-state index contributed by atoms with van der Waals surface area (Å²) >= 11 is 0. The normalized spacial score (nSPS) is 9.90. The fraction of sp³-hybridized carbons (Fsp3) is 0.217. The maximum Gasteiger partial charge on any atom is 0.222 e. The first-order valence-electron chi connectivity index (χ1n) is 9.58. The molecule has 0 aliphatic rings. The number of carbonyl (C=O) groups is 1. The lowest BCUT2D eigenvalue weighted by Crippen LogP contribution is -2.36. The average molecular weight is 408 g/mol. The topological polar surface area (TPSA) is 101 Å². The van der Waals surface area contributed by atoms with E-state index in [4.69, 9.17) is 9.53 Å². The number of nitrogens with zero attached hydrogens (tertiary/aromatic N) is 1. The number of hydrogen-bond donors (Lipinski definition) is 4. The number of nitrogens with two attached hydrogens (primary N) is 1. The molecule has 0 saturated heterocycles. The van der Waals surface area contributed by atoms with Crippen molar-refractivity contribution >= 4 is 12.1 Å². The molecule has 0 radical (unpaired) electrons. The van der Waals surface area contributed by atoms with E-state index in [-0.39, 0.29) is 0 Å². The Morgan fingerprint density at radius 3 is 2.40 bits per heavy atom. The molecular formula is C23H29N5O2. The minimum atomic E-state index is 0.444. The number of nitrogens with one attached hydrogen (secondary N) is 3. The molecule has 0 atom stereocenters. The highest BCUT2D eigenvalue weighted by atomic mass is 16.5. The largest absolute Gasteiger partial charge is 0.489 e. The van der Waals surface area contributed by atoms with Crippen molar-refractivity contribution in [2.75, 3.05) is 12.4 Å². The van der Waals surface area contributed by atoms with Crippen molar-refractivity contribution in [2.45, 2.75) is 27.4 Å². The number of hydrogen-bond acceptors (Lipinski definition) is 6. The lowest BCUT2D eigenvalue weighted by molar-refractivity contribution is -0.110.